The molecule has 0 bridgehead atoms. The SMILES string of the molecule is O=S1(=O)NCCN1CCNc1nccc(-c2c(-c3ccc(Cl)c(O)c3)nc3occn23)n1. The molecule has 0 saturated carbocycles. The standard InChI is InChI=1S/C19H18ClN7O4S/c20-13-2-1-12(11-15(13)28)16-17(27-9-10-31-19(27)25-16)14-3-4-21-18(24-14)22-5-7-26-8-6-23-32(26,29)30/h1-4,9-11,23,28H,5-8H2,(H,21,22,24). The molecule has 3 aromatic heterocycles. The second kappa shape index (κ2) is 8.06. The zero-order valence-electron chi connectivity index (χ0n) is 16.6. The van der Waals surface area contributed by atoms with E-state index in [4.69, 9.17) is 16.0 Å². The number of benzene rings is 1. The van der Waals surface area contributed by atoms with Crippen LogP contribution in [0.4, 0.5) is 5.95 Å². The van der Waals surface area contributed by atoms with Gasteiger partial charge in [-0.2, -0.15) is 17.7 Å². The summed E-state index contributed by atoms with van der Waals surface area (Å²) in [7, 11) is -3.40. The van der Waals surface area contributed by atoms with E-state index in [1.54, 1.807) is 35.0 Å². The van der Waals surface area contributed by atoms with Crippen LogP contribution in [0.3, 0.4) is 0 Å². The van der Waals surface area contributed by atoms with E-state index in [9.17, 15) is 13.5 Å². The first-order chi connectivity index (χ1) is 15.4. The second-order valence-electron chi connectivity index (χ2n) is 7.02. The number of fused-ring (bicyclic) bond motifs is 1. The van der Waals surface area contributed by atoms with Crippen molar-refractivity contribution >= 4 is 33.6 Å². The highest BCUT2D eigenvalue weighted by Crippen LogP contribution is 2.35. The summed E-state index contributed by atoms with van der Waals surface area (Å²) in [4.78, 5) is 13.3. The van der Waals surface area contributed by atoms with Crippen LogP contribution in [-0.4, -0.2) is 63.4 Å². The van der Waals surface area contributed by atoms with Crippen molar-refractivity contribution in [3.8, 4) is 28.4 Å². The van der Waals surface area contributed by atoms with Crippen LogP contribution in [0, 0.1) is 0 Å². The van der Waals surface area contributed by atoms with Gasteiger partial charge in [-0.15, -0.1) is 0 Å². The number of phenols is 1. The normalized spacial score (nSPS) is 16.0. The Balaban J connectivity index is 1.45. The molecule has 11 nitrogen and oxygen atoms in total. The number of oxazole rings is 1. The molecule has 0 spiro atoms. The van der Waals surface area contributed by atoms with Crippen LogP contribution in [0.1, 0.15) is 0 Å². The number of hydrogen-bond acceptors (Lipinski definition) is 8. The largest absolute Gasteiger partial charge is 0.506 e. The Labute approximate surface area is 187 Å². The maximum atomic E-state index is 11.8. The first-order valence-corrected chi connectivity index (χ1v) is 11.5. The summed E-state index contributed by atoms with van der Waals surface area (Å²) in [6, 6.07) is 6.60. The summed E-state index contributed by atoms with van der Waals surface area (Å²) >= 11 is 5.95. The van der Waals surface area contributed by atoms with Crippen LogP contribution in [0.15, 0.2) is 47.3 Å². The number of imidazole rings is 1. The molecule has 4 heterocycles. The maximum Gasteiger partial charge on any atom is 0.306 e. The monoisotopic (exact) mass is 475 g/mol. The Bertz CT molecular complexity index is 1400. The molecule has 0 radical (unpaired) electrons. The third kappa shape index (κ3) is 3.77. The summed E-state index contributed by atoms with van der Waals surface area (Å²) in [6.45, 7) is 1.46. The molecule has 0 amide bonds. The van der Waals surface area contributed by atoms with Crippen LogP contribution >= 0.6 is 11.6 Å². The number of hydrogen-bond donors (Lipinski definition) is 3. The molecule has 0 unspecified atom stereocenters. The number of nitrogens with one attached hydrogen (secondary N) is 2. The van der Waals surface area contributed by atoms with E-state index in [0.717, 1.165) is 0 Å². The Morgan fingerprint density at radius 2 is 2.16 bits per heavy atom. The molecule has 1 aliphatic rings. The summed E-state index contributed by atoms with van der Waals surface area (Å²) in [6.07, 6.45) is 4.83. The lowest BCUT2D eigenvalue weighted by Gasteiger charge is -2.13. The number of halogens is 1. The van der Waals surface area contributed by atoms with Crippen LogP contribution in [0.5, 0.6) is 5.75 Å². The Kier molecular flexibility index (Phi) is 5.21. The van der Waals surface area contributed by atoms with Gasteiger partial charge in [-0.1, -0.05) is 17.7 Å². The van der Waals surface area contributed by atoms with Crippen molar-refractivity contribution in [2.45, 2.75) is 0 Å². The van der Waals surface area contributed by atoms with Gasteiger partial charge in [0.05, 0.1) is 10.7 Å². The number of nitrogens with zero attached hydrogens (tertiary/aromatic N) is 5. The third-order valence-electron chi connectivity index (χ3n) is 5.01. The first kappa shape index (κ1) is 20.7. The van der Waals surface area contributed by atoms with Crippen molar-refractivity contribution in [2.24, 2.45) is 0 Å². The van der Waals surface area contributed by atoms with Crippen molar-refractivity contribution in [3.63, 3.8) is 0 Å². The minimum Gasteiger partial charge on any atom is -0.506 e. The molecule has 13 heteroatoms. The molecule has 1 aliphatic heterocycles. The molecule has 3 N–H and O–H groups in total. The number of anilines is 1. The van der Waals surface area contributed by atoms with Gasteiger partial charge in [0.2, 0.25) is 5.95 Å². The molecular weight excluding hydrogens is 458 g/mol. The molecule has 0 atom stereocenters. The van der Waals surface area contributed by atoms with E-state index in [2.05, 4.69) is 25.0 Å². The van der Waals surface area contributed by atoms with E-state index < -0.39 is 10.2 Å². The summed E-state index contributed by atoms with van der Waals surface area (Å²) in [5.74, 6) is 0.649. The molecular formula is C19H18ClN7O4S. The lowest BCUT2D eigenvalue weighted by Crippen LogP contribution is -2.33. The van der Waals surface area contributed by atoms with Crippen LogP contribution in [-0.2, 0) is 10.2 Å². The van der Waals surface area contributed by atoms with Gasteiger partial charge in [0, 0.05) is 44.1 Å². The number of aromatic hydroxyl groups is 1. The van der Waals surface area contributed by atoms with Crippen LogP contribution in [0.25, 0.3) is 28.5 Å². The van der Waals surface area contributed by atoms with Crippen LogP contribution < -0.4 is 10.0 Å². The molecule has 5 rings (SSSR count). The van der Waals surface area contributed by atoms with E-state index in [1.165, 1.54) is 16.6 Å². The topological polar surface area (TPSA) is 138 Å². The van der Waals surface area contributed by atoms with E-state index in [-0.39, 0.29) is 17.3 Å². The van der Waals surface area contributed by atoms with Crippen molar-refractivity contribution in [1.82, 2.24) is 28.4 Å². The van der Waals surface area contributed by atoms with Crippen molar-refractivity contribution in [1.29, 1.82) is 0 Å². The zero-order chi connectivity index (χ0) is 22.3. The van der Waals surface area contributed by atoms with Crippen molar-refractivity contribution in [2.75, 3.05) is 31.5 Å². The second-order valence-corrected chi connectivity index (χ2v) is 9.18. The lowest BCUT2D eigenvalue weighted by molar-refractivity contribution is 0.461. The summed E-state index contributed by atoms with van der Waals surface area (Å²) < 4.78 is 34.7. The fraction of sp³-hybridized carbons (Fsp3) is 0.211. The zero-order valence-corrected chi connectivity index (χ0v) is 18.1. The van der Waals surface area contributed by atoms with Gasteiger partial charge >= 0.3 is 5.84 Å². The van der Waals surface area contributed by atoms with E-state index in [0.29, 0.717) is 54.1 Å². The Morgan fingerprint density at radius 3 is 2.94 bits per heavy atom. The number of aromatic nitrogens is 4. The van der Waals surface area contributed by atoms with Gasteiger partial charge in [0.25, 0.3) is 10.2 Å². The molecule has 1 fully saturated rings. The predicted molar refractivity (Wildman–Crippen MR) is 118 cm³/mol. The molecule has 32 heavy (non-hydrogen) atoms. The van der Waals surface area contributed by atoms with Gasteiger partial charge < -0.3 is 14.8 Å². The highest BCUT2D eigenvalue weighted by molar-refractivity contribution is 7.87. The molecule has 0 aliphatic carbocycles. The minimum absolute atomic E-state index is 0.0591. The quantitative estimate of drug-likeness (QED) is 0.385. The smallest absolute Gasteiger partial charge is 0.306 e. The lowest BCUT2D eigenvalue weighted by atomic mass is 10.1. The minimum atomic E-state index is -3.40. The van der Waals surface area contributed by atoms with Gasteiger partial charge in [-0.3, -0.25) is 4.40 Å². The number of phenolic OH excluding ortho intramolecular Hbond substituents is 1. The number of rotatable bonds is 6. The summed E-state index contributed by atoms with van der Waals surface area (Å²) in [5.41, 5.74) is 2.40. The fourth-order valence-electron chi connectivity index (χ4n) is 3.50. The third-order valence-corrected chi connectivity index (χ3v) is 6.94. The van der Waals surface area contributed by atoms with Crippen molar-refractivity contribution < 1.29 is 17.9 Å². The van der Waals surface area contributed by atoms with Gasteiger partial charge in [-0.05, 0) is 18.2 Å². The predicted octanol–water partition coefficient (Wildman–Crippen LogP) is 1.97. The maximum absolute atomic E-state index is 11.8. The fourth-order valence-corrected chi connectivity index (χ4v) is 4.82. The van der Waals surface area contributed by atoms with Gasteiger partial charge in [0.1, 0.15) is 23.4 Å². The molecule has 166 valence electrons. The highest BCUT2D eigenvalue weighted by Gasteiger charge is 2.27. The Hall–Kier alpha value is -3.19. The molecule has 4 aromatic rings. The van der Waals surface area contributed by atoms with Crippen molar-refractivity contribution in [3.05, 3.63) is 47.9 Å². The summed E-state index contributed by atoms with van der Waals surface area (Å²) in [5, 5.41) is 13.3. The van der Waals surface area contributed by atoms with Crippen LogP contribution in [0.2, 0.25) is 5.02 Å². The first-order valence-electron chi connectivity index (χ1n) is 9.69. The van der Waals surface area contributed by atoms with Gasteiger partial charge in [0.15, 0.2) is 0 Å². The molecule has 1 aromatic carbocycles. The average Bonchev–Trinajstić information content (AvgIpc) is 3.44. The average molecular weight is 476 g/mol. The van der Waals surface area contributed by atoms with E-state index in [1.807, 2.05) is 0 Å². The van der Waals surface area contributed by atoms with Gasteiger partial charge in [-0.25, -0.2) is 14.7 Å². The molecule has 1 saturated heterocycles. The highest BCUT2D eigenvalue weighted by atomic mass is 35.5. The Morgan fingerprint density at radius 1 is 1.28 bits per heavy atom. The van der Waals surface area contributed by atoms with E-state index >= 15 is 0 Å².